The second kappa shape index (κ2) is 8.77. The van der Waals surface area contributed by atoms with E-state index in [0.717, 1.165) is 50.6 Å². The lowest BCUT2D eigenvalue weighted by atomic mass is 9.93. The first-order valence-electron chi connectivity index (χ1n) is 10.8. The molecule has 2 heterocycles. The number of anilines is 1. The summed E-state index contributed by atoms with van der Waals surface area (Å²) >= 11 is 1.55. The molecule has 6 nitrogen and oxygen atoms in total. The van der Waals surface area contributed by atoms with Crippen molar-refractivity contribution >= 4 is 32.4 Å². The number of amides is 1. The molecule has 162 valence electrons. The van der Waals surface area contributed by atoms with Crippen LogP contribution in [0.5, 0.6) is 0 Å². The number of sulfonamides is 1. The van der Waals surface area contributed by atoms with Gasteiger partial charge in [0.2, 0.25) is 10.0 Å². The standard InChI is InChI=1S/C22H29N3O3S2/c1-3-17-6-4-5-13-25(17)30(27,28)18-10-8-16(9-11-18)21(26)24-22-23-19-12-7-15(2)14-20(19)29-22/h8-11,15,17H,3-7,12-14H2,1-2H3,(H,23,24,26). The van der Waals surface area contributed by atoms with Crippen molar-refractivity contribution in [3.05, 3.63) is 40.4 Å². The maximum atomic E-state index is 13.1. The number of thiazole rings is 1. The summed E-state index contributed by atoms with van der Waals surface area (Å²) in [7, 11) is -3.54. The van der Waals surface area contributed by atoms with Gasteiger partial charge in [0.1, 0.15) is 0 Å². The number of aromatic nitrogens is 1. The number of piperidine rings is 1. The van der Waals surface area contributed by atoms with Crippen molar-refractivity contribution < 1.29 is 13.2 Å². The van der Waals surface area contributed by atoms with Crippen molar-refractivity contribution in [3.8, 4) is 0 Å². The summed E-state index contributed by atoms with van der Waals surface area (Å²) in [6.07, 6.45) is 6.81. The van der Waals surface area contributed by atoms with E-state index < -0.39 is 10.0 Å². The van der Waals surface area contributed by atoms with Gasteiger partial charge in [0.25, 0.3) is 5.91 Å². The van der Waals surface area contributed by atoms with Gasteiger partial charge in [-0.05, 0) is 68.7 Å². The van der Waals surface area contributed by atoms with Crippen LogP contribution in [0, 0.1) is 5.92 Å². The number of carbonyl (C=O) groups excluding carboxylic acids is 1. The Hall–Kier alpha value is -1.77. The van der Waals surface area contributed by atoms with E-state index in [2.05, 4.69) is 17.2 Å². The maximum Gasteiger partial charge on any atom is 0.257 e. The van der Waals surface area contributed by atoms with E-state index in [9.17, 15) is 13.2 Å². The van der Waals surface area contributed by atoms with Gasteiger partial charge < -0.3 is 0 Å². The van der Waals surface area contributed by atoms with Crippen LogP contribution in [0.15, 0.2) is 29.2 Å². The van der Waals surface area contributed by atoms with Gasteiger partial charge in [0.15, 0.2) is 5.13 Å². The smallest absolute Gasteiger partial charge is 0.257 e. The molecule has 2 atom stereocenters. The number of nitrogens with zero attached hydrogens (tertiary/aromatic N) is 2. The highest BCUT2D eigenvalue weighted by molar-refractivity contribution is 7.89. The van der Waals surface area contributed by atoms with Gasteiger partial charge in [-0.2, -0.15) is 4.31 Å². The second-order valence-corrected chi connectivity index (χ2v) is 11.4. The summed E-state index contributed by atoms with van der Waals surface area (Å²) in [6, 6.07) is 6.32. The average molecular weight is 448 g/mol. The van der Waals surface area contributed by atoms with Crippen molar-refractivity contribution in [2.24, 2.45) is 5.92 Å². The molecule has 1 N–H and O–H groups in total. The van der Waals surface area contributed by atoms with Crippen molar-refractivity contribution in [3.63, 3.8) is 0 Å². The fourth-order valence-electron chi connectivity index (χ4n) is 4.37. The Bertz CT molecular complexity index is 1010. The van der Waals surface area contributed by atoms with Crippen LogP contribution in [0.25, 0.3) is 0 Å². The lowest BCUT2D eigenvalue weighted by Crippen LogP contribution is -2.43. The zero-order valence-corrected chi connectivity index (χ0v) is 19.2. The number of aryl methyl sites for hydroxylation is 1. The third-order valence-electron chi connectivity index (χ3n) is 6.17. The molecule has 0 bridgehead atoms. The molecule has 2 aromatic rings. The van der Waals surface area contributed by atoms with Crippen LogP contribution in [0.4, 0.5) is 5.13 Å². The summed E-state index contributed by atoms with van der Waals surface area (Å²) in [5, 5.41) is 3.50. The quantitative estimate of drug-likeness (QED) is 0.733. The molecule has 1 fully saturated rings. The largest absolute Gasteiger partial charge is 0.298 e. The number of benzene rings is 1. The van der Waals surface area contributed by atoms with Crippen LogP contribution in [-0.4, -0.2) is 36.2 Å². The summed E-state index contributed by atoms with van der Waals surface area (Å²) in [4.78, 5) is 18.7. The molecule has 2 unspecified atom stereocenters. The highest BCUT2D eigenvalue weighted by Crippen LogP contribution is 2.32. The number of fused-ring (bicyclic) bond motifs is 1. The van der Waals surface area contributed by atoms with Crippen LogP contribution in [0.1, 0.15) is 66.9 Å². The van der Waals surface area contributed by atoms with E-state index in [-0.39, 0.29) is 16.8 Å². The van der Waals surface area contributed by atoms with Crippen LogP contribution in [0.3, 0.4) is 0 Å². The molecule has 30 heavy (non-hydrogen) atoms. The Labute approximate surface area is 182 Å². The fourth-order valence-corrected chi connectivity index (χ4v) is 7.31. The Morgan fingerprint density at radius 1 is 1.23 bits per heavy atom. The zero-order chi connectivity index (χ0) is 21.3. The summed E-state index contributed by atoms with van der Waals surface area (Å²) in [6.45, 7) is 4.84. The fraction of sp³-hybridized carbons (Fsp3) is 0.545. The molecule has 0 radical (unpaired) electrons. The minimum absolute atomic E-state index is 0.0605. The van der Waals surface area contributed by atoms with Crippen molar-refractivity contribution in [2.45, 2.75) is 69.7 Å². The van der Waals surface area contributed by atoms with E-state index in [1.165, 1.54) is 4.88 Å². The van der Waals surface area contributed by atoms with Gasteiger partial charge in [0, 0.05) is 23.0 Å². The third kappa shape index (κ3) is 4.31. The van der Waals surface area contributed by atoms with E-state index in [1.54, 1.807) is 39.9 Å². The number of hydrogen-bond donors (Lipinski definition) is 1. The minimum Gasteiger partial charge on any atom is -0.298 e. The summed E-state index contributed by atoms with van der Waals surface area (Å²) in [5.74, 6) is 0.394. The van der Waals surface area contributed by atoms with E-state index in [1.807, 2.05) is 6.92 Å². The molecule has 4 rings (SSSR count). The molecule has 1 saturated heterocycles. The van der Waals surface area contributed by atoms with Gasteiger partial charge in [-0.3, -0.25) is 10.1 Å². The SMILES string of the molecule is CCC1CCCCN1S(=O)(=O)c1ccc(C(=O)Nc2nc3c(s2)CC(C)CC3)cc1. The Morgan fingerprint density at radius 3 is 2.73 bits per heavy atom. The molecule has 8 heteroatoms. The normalized spacial score (nSPS) is 22.5. The Morgan fingerprint density at radius 2 is 2.00 bits per heavy atom. The number of nitrogens with one attached hydrogen (secondary N) is 1. The summed E-state index contributed by atoms with van der Waals surface area (Å²) < 4.78 is 27.8. The first kappa shape index (κ1) is 21.5. The number of rotatable bonds is 5. The van der Waals surface area contributed by atoms with E-state index in [4.69, 9.17) is 0 Å². The lowest BCUT2D eigenvalue weighted by molar-refractivity contribution is 0.102. The van der Waals surface area contributed by atoms with Crippen LogP contribution >= 0.6 is 11.3 Å². The maximum absolute atomic E-state index is 13.1. The highest BCUT2D eigenvalue weighted by atomic mass is 32.2. The lowest BCUT2D eigenvalue weighted by Gasteiger charge is -2.34. The minimum atomic E-state index is -3.54. The van der Waals surface area contributed by atoms with Gasteiger partial charge in [-0.1, -0.05) is 20.3 Å². The molecule has 1 aromatic carbocycles. The van der Waals surface area contributed by atoms with Crippen molar-refractivity contribution in [2.75, 3.05) is 11.9 Å². The molecule has 0 spiro atoms. The number of carbonyl (C=O) groups is 1. The molecule has 1 aromatic heterocycles. The number of hydrogen-bond acceptors (Lipinski definition) is 5. The van der Waals surface area contributed by atoms with Crippen LogP contribution in [0.2, 0.25) is 0 Å². The summed E-state index contributed by atoms with van der Waals surface area (Å²) in [5.41, 5.74) is 1.53. The zero-order valence-electron chi connectivity index (χ0n) is 17.6. The molecule has 1 aliphatic heterocycles. The second-order valence-electron chi connectivity index (χ2n) is 8.39. The monoisotopic (exact) mass is 447 g/mol. The molecular formula is C22H29N3O3S2. The molecule has 0 saturated carbocycles. The predicted molar refractivity (Wildman–Crippen MR) is 120 cm³/mol. The molecule has 1 amide bonds. The molecule has 2 aliphatic rings. The van der Waals surface area contributed by atoms with Gasteiger partial charge in [0.05, 0.1) is 10.6 Å². The Balaban J connectivity index is 1.47. The third-order valence-corrected chi connectivity index (χ3v) is 9.18. The topological polar surface area (TPSA) is 79.4 Å². The van der Waals surface area contributed by atoms with Gasteiger partial charge >= 0.3 is 0 Å². The van der Waals surface area contributed by atoms with Gasteiger partial charge in [-0.25, -0.2) is 13.4 Å². The first-order valence-corrected chi connectivity index (χ1v) is 13.1. The average Bonchev–Trinajstić information content (AvgIpc) is 3.15. The van der Waals surface area contributed by atoms with Crippen LogP contribution in [-0.2, 0) is 22.9 Å². The first-order chi connectivity index (χ1) is 14.4. The highest BCUT2D eigenvalue weighted by Gasteiger charge is 2.32. The van der Waals surface area contributed by atoms with Crippen molar-refractivity contribution in [1.82, 2.24) is 9.29 Å². The predicted octanol–water partition coefficient (Wildman–Crippen LogP) is 4.47. The van der Waals surface area contributed by atoms with Crippen molar-refractivity contribution in [1.29, 1.82) is 0 Å². The Kier molecular flexibility index (Phi) is 6.27. The van der Waals surface area contributed by atoms with Crippen LogP contribution < -0.4 is 5.32 Å². The van der Waals surface area contributed by atoms with Gasteiger partial charge in [-0.15, -0.1) is 11.3 Å². The van der Waals surface area contributed by atoms with E-state index in [0.29, 0.717) is 23.2 Å². The molecular weight excluding hydrogens is 418 g/mol. The van der Waals surface area contributed by atoms with E-state index >= 15 is 0 Å². The molecule has 1 aliphatic carbocycles.